The second-order valence-electron chi connectivity index (χ2n) is 7.37. The molecule has 3 N–H and O–H groups in total. The fourth-order valence-electron chi connectivity index (χ4n) is 3.28. The number of rotatable bonds is 7. The summed E-state index contributed by atoms with van der Waals surface area (Å²) in [6, 6.07) is 15.0. The number of phenols is 1. The maximum absolute atomic E-state index is 12.4. The number of nitrogens with one attached hydrogen (secondary N) is 2. The molecule has 4 aromatic rings. The van der Waals surface area contributed by atoms with Crippen molar-refractivity contribution in [3.05, 3.63) is 59.7 Å². The van der Waals surface area contributed by atoms with E-state index in [0.29, 0.717) is 28.6 Å². The van der Waals surface area contributed by atoms with Gasteiger partial charge in [0.2, 0.25) is 11.3 Å². The summed E-state index contributed by atoms with van der Waals surface area (Å²) >= 11 is 1.03. The van der Waals surface area contributed by atoms with Crippen LogP contribution >= 0.6 is 11.7 Å². The summed E-state index contributed by atoms with van der Waals surface area (Å²) in [5.41, 5.74) is 2.48. The highest BCUT2D eigenvalue weighted by atomic mass is 32.1. The number of amides is 1. The van der Waals surface area contributed by atoms with Gasteiger partial charge in [0.15, 0.2) is 17.4 Å². The van der Waals surface area contributed by atoms with Crippen molar-refractivity contribution in [2.24, 2.45) is 0 Å². The predicted octanol–water partition coefficient (Wildman–Crippen LogP) is 4.20. The largest absolute Gasteiger partial charge is 0.505 e. The Kier molecular flexibility index (Phi) is 6.13. The highest BCUT2D eigenvalue weighted by Gasteiger charge is 2.20. The molecule has 0 saturated heterocycles. The maximum Gasteiger partial charge on any atom is 0.257 e. The second kappa shape index (κ2) is 9.15. The van der Waals surface area contributed by atoms with Gasteiger partial charge in [0, 0.05) is 14.1 Å². The van der Waals surface area contributed by atoms with Crippen LogP contribution in [0.3, 0.4) is 0 Å². The monoisotopic (exact) mass is 449 g/mol. The number of carbonyl (C=O) groups excluding carboxylic acids is 1. The van der Waals surface area contributed by atoms with Crippen molar-refractivity contribution in [3.8, 4) is 5.75 Å². The van der Waals surface area contributed by atoms with Crippen LogP contribution in [-0.2, 0) is 0 Å². The highest BCUT2D eigenvalue weighted by molar-refractivity contribution is 6.99. The minimum atomic E-state index is -0.301. The number of carbonyl (C=O) groups is 1. The fraction of sp³-hybridized carbons (Fsp3) is 0.227. The first-order valence-electron chi connectivity index (χ1n) is 10.1. The van der Waals surface area contributed by atoms with E-state index in [9.17, 15) is 9.90 Å². The third-order valence-electron chi connectivity index (χ3n) is 4.96. The van der Waals surface area contributed by atoms with Crippen molar-refractivity contribution in [3.63, 3.8) is 0 Å². The maximum atomic E-state index is 12.4. The number of fused-ring (bicyclic) bond motifs is 1. The lowest BCUT2D eigenvalue weighted by Crippen LogP contribution is -2.21. The predicted molar refractivity (Wildman–Crippen MR) is 126 cm³/mol. The topological polar surface area (TPSA) is 116 Å². The van der Waals surface area contributed by atoms with Gasteiger partial charge >= 0.3 is 0 Å². The average Bonchev–Trinajstić information content (AvgIpc) is 3.26. The molecule has 2 heterocycles. The van der Waals surface area contributed by atoms with Crippen molar-refractivity contribution in [2.45, 2.75) is 19.4 Å². The second-order valence-corrected chi connectivity index (χ2v) is 7.90. The molecule has 164 valence electrons. The molecule has 32 heavy (non-hydrogen) atoms. The molecule has 9 nitrogen and oxygen atoms in total. The molecule has 0 aliphatic heterocycles. The number of nitrogens with zero attached hydrogens (tertiary/aromatic N) is 5. The zero-order valence-corrected chi connectivity index (χ0v) is 18.7. The summed E-state index contributed by atoms with van der Waals surface area (Å²) < 4.78 is 8.37. The third kappa shape index (κ3) is 4.30. The minimum absolute atomic E-state index is 0.00894. The van der Waals surface area contributed by atoms with Crippen LogP contribution in [0, 0.1) is 0 Å². The summed E-state index contributed by atoms with van der Waals surface area (Å²) in [6.45, 7) is 2.08. The molecule has 1 amide bonds. The molecule has 0 spiro atoms. The van der Waals surface area contributed by atoms with Gasteiger partial charge in [-0.3, -0.25) is 4.79 Å². The molecule has 1 atom stereocenters. The lowest BCUT2D eigenvalue weighted by molar-refractivity contribution is 0.0824. The number of aromatic hydroxyl groups is 1. The third-order valence-corrected chi connectivity index (χ3v) is 5.47. The summed E-state index contributed by atoms with van der Waals surface area (Å²) in [5, 5.41) is 17.3. The van der Waals surface area contributed by atoms with E-state index >= 15 is 0 Å². The Balaban J connectivity index is 1.73. The van der Waals surface area contributed by atoms with Gasteiger partial charge < -0.3 is 20.6 Å². The van der Waals surface area contributed by atoms with Crippen molar-refractivity contribution >= 4 is 46.3 Å². The zero-order chi connectivity index (χ0) is 22.7. The Morgan fingerprint density at radius 1 is 1.03 bits per heavy atom. The Bertz CT molecular complexity index is 1240. The van der Waals surface area contributed by atoms with E-state index in [-0.39, 0.29) is 23.3 Å². The molecule has 2 aromatic carbocycles. The molecule has 0 aliphatic carbocycles. The van der Waals surface area contributed by atoms with E-state index in [4.69, 9.17) is 0 Å². The normalized spacial score (nSPS) is 11.8. The Hall–Kier alpha value is -3.79. The number of phenolic OH excluding ortho intramolecular Hbond substituents is 1. The average molecular weight is 450 g/mol. The number of benzene rings is 2. The molecule has 0 aliphatic rings. The first kappa shape index (κ1) is 21.4. The number of para-hydroxylation sites is 1. The van der Waals surface area contributed by atoms with Gasteiger partial charge in [0.05, 0.1) is 29.0 Å². The van der Waals surface area contributed by atoms with Gasteiger partial charge in [0.1, 0.15) is 0 Å². The first-order chi connectivity index (χ1) is 15.5. The minimum Gasteiger partial charge on any atom is -0.505 e. The number of anilines is 3. The summed E-state index contributed by atoms with van der Waals surface area (Å²) in [4.78, 5) is 23.0. The van der Waals surface area contributed by atoms with Crippen LogP contribution in [0.25, 0.3) is 11.3 Å². The molecule has 0 saturated carbocycles. The molecule has 0 bridgehead atoms. The Morgan fingerprint density at radius 2 is 1.72 bits per heavy atom. The van der Waals surface area contributed by atoms with Crippen molar-refractivity contribution in [1.29, 1.82) is 0 Å². The van der Waals surface area contributed by atoms with Crippen LogP contribution in [0.2, 0.25) is 0 Å². The SMILES string of the molecule is CC[C@@H](Nc1nc2nsnc2nc1Nc1cccc(C(=O)N(C)C)c1O)c1ccccc1. The van der Waals surface area contributed by atoms with Crippen LogP contribution in [0.4, 0.5) is 17.3 Å². The van der Waals surface area contributed by atoms with Crippen LogP contribution in [0.15, 0.2) is 48.5 Å². The Labute approximate surface area is 189 Å². The van der Waals surface area contributed by atoms with Crippen LogP contribution in [-0.4, -0.2) is 48.7 Å². The van der Waals surface area contributed by atoms with Crippen LogP contribution < -0.4 is 10.6 Å². The van der Waals surface area contributed by atoms with Gasteiger partial charge in [-0.05, 0) is 24.1 Å². The van der Waals surface area contributed by atoms with Gasteiger partial charge in [0.25, 0.3) is 5.91 Å². The van der Waals surface area contributed by atoms with Crippen molar-refractivity contribution in [1.82, 2.24) is 23.6 Å². The van der Waals surface area contributed by atoms with Gasteiger partial charge in [-0.15, -0.1) is 0 Å². The van der Waals surface area contributed by atoms with E-state index < -0.39 is 0 Å². The van der Waals surface area contributed by atoms with Crippen molar-refractivity contribution in [2.75, 3.05) is 24.7 Å². The molecule has 0 unspecified atom stereocenters. The molecule has 10 heteroatoms. The summed E-state index contributed by atoms with van der Waals surface area (Å²) in [7, 11) is 3.26. The quantitative estimate of drug-likeness (QED) is 0.360. The van der Waals surface area contributed by atoms with Crippen molar-refractivity contribution < 1.29 is 9.90 Å². The molecule has 0 radical (unpaired) electrons. The number of hydrogen-bond donors (Lipinski definition) is 3. The summed E-state index contributed by atoms with van der Waals surface area (Å²) in [6.07, 6.45) is 0.816. The van der Waals surface area contributed by atoms with E-state index in [1.807, 2.05) is 30.3 Å². The molecule has 4 rings (SSSR count). The smallest absolute Gasteiger partial charge is 0.257 e. The highest BCUT2D eigenvalue weighted by Crippen LogP contribution is 2.34. The molecular weight excluding hydrogens is 426 g/mol. The van der Waals surface area contributed by atoms with Gasteiger partial charge in [-0.1, -0.05) is 43.3 Å². The number of hydrogen-bond acceptors (Lipinski definition) is 9. The number of aromatic nitrogens is 4. The standard InChI is InChI=1S/C22H23N7O2S/c1-4-15(13-9-6-5-7-10-13)23-18-19(26-21-20(25-18)27-32-28-21)24-16-12-8-11-14(17(16)30)22(31)29(2)3/h5-12,15,30H,4H2,1-3H3,(H,23,25,27)(H,24,26,28)/t15-/m1/s1. The lowest BCUT2D eigenvalue weighted by Gasteiger charge is -2.20. The first-order valence-corrected chi connectivity index (χ1v) is 10.8. The lowest BCUT2D eigenvalue weighted by atomic mass is 10.0. The van der Waals surface area contributed by atoms with Crippen LogP contribution in [0.1, 0.15) is 35.3 Å². The van der Waals surface area contributed by atoms with Crippen LogP contribution in [0.5, 0.6) is 5.75 Å². The molecule has 0 fully saturated rings. The molecule has 2 aromatic heterocycles. The van der Waals surface area contributed by atoms with E-state index in [1.54, 1.807) is 32.3 Å². The van der Waals surface area contributed by atoms with E-state index in [0.717, 1.165) is 23.7 Å². The van der Waals surface area contributed by atoms with Gasteiger partial charge in [-0.25, -0.2) is 9.97 Å². The fourth-order valence-corrected chi connectivity index (χ4v) is 3.72. The van der Waals surface area contributed by atoms with E-state index in [2.05, 4.69) is 36.3 Å². The van der Waals surface area contributed by atoms with Gasteiger partial charge in [-0.2, -0.15) is 8.75 Å². The Morgan fingerprint density at radius 3 is 2.38 bits per heavy atom. The van der Waals surface area contributed by atoms with E-state index in [1.165, 1.54) is 4.90 Å². The summed E-state index contributed by atoms with van der Waals surface area (Å²) in [5.74, 6) is 0.393. The molecular formula is C22H23N7O2S. The zero-order valence-electron chi connectivity index (χ0n) is 17.9.